The number of ether oxygens (including phenoxy) is 1. The molecule has 0 N–H and O–H groups in total. The van der Waals surface area contributed by atoms with Gasteiger partial charge in [0.1, 0.15) is 17.2 Å². The number of amides is 1. The van der Waals surface area contributed by atoms with E-state index in [2.05, 4.69) is 21.8 Å². The molecule has 23 heavy (non-hydrogen) atoms. The summed E-state index contributed by atoms with van der Waals surface area (Å²) in [5, 5.41) is 0. The molecule has 1 aliphatic rings. The Morgan fingerprint density at radius 1 is 1.35 bits per heavy atom. The van der Waals surface area contributed by atoms with Crippen molar-refractivity contribution in [3.05, 3.63) is 17.6 Å². The van der Waals surface area contributed by atoms with Gasteiger partial charge in [0.05, 0.1) is 0 Å². The van der Waals surface area contributed by atoms with Gasteiger partial charge in [0, 0.05) is 37.4 Å². The van der Waals surface area contributed by atoms with Crippen LogP contribution in [0.25, 0.3) is 0 Å². The van der Waals surface area contributed by atoms with Crippen LogP contribution in [0.5, 0.6) is 0 Å². The average Bonchev–Trinajstić information content (AvgIpc) is 2.44. The van der Waals surface area contributed by atoms with Crippen molar-refractivity contribution >= 4 is 11.9 Å². The van der Waals surface area contributed by atoms with Crippen molar-refractivity contribution in [1.82, 2.24) is 14.9 Å². The van der Waals surface area contributed by atoms with Crippen LogP contribution in [0, 0.1) is 6.92 Å². The van der Waals surface area contributed by atoms with Crippen LogP contribution in [0.2, 0.25) is 0 Å². The van der Waals surface area contributed by atoms with E-state index in [-0.39, 0.29) is 12.1 Å². The summed E-state index contributed by atoms with van der Waals surface area (Å²) in [6.45, 7) is 13.9. The topological polar surface area (TPSA) is 58.6 Å². The molecule has 1 saturated heterocycles. The van der Waals surface area contributed by atoms with Gasteiger partial charge in [-0.05, 0) is 41.0 Å². The van der Waals surface area contributed by atoms with Crippen LogP contribution in [-0.4, -0.2) is 52.2 Å². The Labute approximate surface area is 138 Å². The SMILES string of the molecule is CCc1cc(N2CCN(C(=O)OC(C)(C)C)C(C)C2)nc(C)n1. The lowest BCUT2D eigenvalue weighted by Crippen LogP contribution is -2.55. The quantitative estimate of drug-likeness (QED) is 0.838. The number of hydrogen-bond acceptors (Lipinski definition) is 5. The molecule has 0 bridgehead atoms. The highest BCUT2D eigenvalue weighted by Crippen LogP contribution is 2.20. The molecule has 0 aromatic carbocycles. The number of piperazine rings is 1. The highest BCUT2D eigenvalue weighted by molar-refractivity contribution is 5.69. The van der Waals surface area contributed by atoms with Gasteiger partial charge >= 0.3 is 6.09 Å². The van der Waals surface area contributed by atoms with E-state index < -0.39 is 5.60 Å². The molecule has 0 aliphatic carbocycles. The van der Waals surface area contributed by atoms with E-state index >= 15 is 0 Å². The fourth-order valence-corrected chi connectivity index (χ4v) is 2.71. The predicted octanol–water partition coefficient (Wildman–Crippen LogP) is 2.79. The lowest BCUT2D eigenvalue weighted by Gasteiger charge is -2.40. The summed E-state index contributed by atoms with van der Waals surface area (Å²) < 4.78 is 5.49. The van der Waals surface area contributed by atoms with Gasteiger partial charge in [-0.25, -0.2) is 14.8 Å². The average molecular weight is 320 g/mol. The first-order valence-corrected chi connectivity index (χ1v) is 8.28. The van der Waals surface area contributed by atoms with Crippen LogP contribution in [0.15, 0.2) is 6.07 Å². The summed E-state index contributed by atoms with van der Waals surface area (Å²) in [6.07, 6.45) is 0.654. The molecule has 1 amide bonds. The van der Waals surface area contributed by atoms with E-state index in [1.165, 1.54) is 0 Å². The van der Waals surface area contributed by atoms with Crippen molar-refractivity contribution in [2.45, 2.75) is 59.6 Å². The molecule has 0 spiro atoms. The molecule has 1 aliphatic heterocycles. The smallest absolute Gasteiger partial charge is 0.410 e. The van der Waals surface area contributed by atoms with Gasteiger partial charge in [0.15, 0.2) is 0 Å². The number of carbonyl (C=O) groups excluding carboxylic acids is 1. The number of rotatable bonds is 2. The van der Waals surface area contributed by atoms with Gasteiger partial charge in [0.25, 0.3) is 0 Å². The number of aromatic nitrogens is 2. The first-order chi connectivity index (χ1) is 10.7. The van der Waals surface area contributed by atoms with Crippen LogP contribution in [0.4, 0.5) is 10.6 Å². The number of hydrogen-bond donors (Lipinski definition) is 0. The molecule has 0 saturated carbocycles. The van der Waals surface area contributed by atoms with Gasteiger partial charge in [-0.2, -0.15) is 0 Å². The first kappa shape index (κ1) is 17.5. The van der Waals surface area contributed by atoms with E-state index in [4.69, 9.17) is 4.74 Å². The van der Waals surface area contributed by atoms with Gasteiger partial charge in [-0.3, -0.25) is 0 Å². The van der Waals surface area contributed by atoms with Gasteiger partial charge in [0.2, 0.25) is 0 Å². The molecule has 6 nitrogen and oxygen atoms in total. The minimum Gasteiger partial charge on any atom is -0.444 e. The maximum Gasteiger partial charge on any atom is 0.410 e. The summed E-state index contributed by atoms with van der Waals surface area (Å²) in [5.74, 6) is 1.74. The number of aryl methyl sites for hydroxylation is 2. The first-order valence-electron chi connectivity index (χ1n) is 8.28. The monoisotopic (exact) mass is 320 g/mol. The Balaban J connectivity index is 2.06. The van der Waals surface area contributed by atoms with Crippen LogP contribution in [-0.2, 0) is 11.2 Å². The molecular weight excluding hydrogens is 292 g/mol. The number of nitrogens with zero attached hydrogens (tertiary/aromatic N) is 4. The molecule has 1 aromatic rings. The number of carbonyl (C=O) groups is 1. The molecule has 1 unspecified atom stereocenters. The zero-order valence-electron chi connectivity index (χ0n) is 15.1. The molecule has 128 valence electrons. The maximum absolute atomic E-state index is 12.3. The normalized spacial score (nSPS) is 19.0. The highest BCUT2D eigenvalue weighted by atomic mass is 16.6. The Morgan fingerprint density at radius 3 is 2.61 bits per heavy atom. The molecule has 0 radical (unpaired) electrons. The fourth-order valence-electron chi connectivity index (χ4n) is 2.71. The van der Waals surface area contributed by atoms with Crippen LogP contribution < -0.4 is 4.90 Å². The zero-order chi connectivity index (χ0) is 17.2. The Bertz CT molecular complexity index is 568. The summed E-state index contributed by atoms with van der Waals surface area (Å²) in [7, 11) is 0. The van der Waals surface area contributed by atoms with Crippen molar-refractivity contribution < 1.29 is 9.53 Å². The predicted molar refractivity (Wildman–Crippen MR) is 90.8 cm³/mol. The third-order valence-corrected chi connectivity index (χ3v) is 3.82. The molecule has 6 heteroatoms. The second kappa shape index (κ2) is 6.72. The Kier molecular flexibility index (Phi) is 5.12. The minimum atomic E-state index is -0.465. The van der Waals surface area contributed by atoms with Crippen molar-refractivity contribution in [2.75, 3.05) is 24.5 Å². The van der Waals surface area contributed by atoms with E-state index in [0.717, 1.165) is 36.8 Å². The summed E-state index contributed by atoms with van der Waals surface area (Å²) >= 11 is 0. The lowest BCUT2D eigenvalue weighted by atomic mass is 10.2. The summed E-state index contributed by atoms with van der Waals surface area (Å²) in [4.78, 5) is 25.3. The molecule has 2 rings (SSSR count). The Hall–Kier alpha value is -1.85. The van der Waals surface area contributed by atoms with Crippen molar-refractivity contribution in [3.8, 4) is 0 Å². The molecule has 1 fully saturated rings. The standard InChI is InChI=1S/C17H28N4O2/c1-7-14-10-15(19-13(3)18-14)20-8-9-21(12(2)11-20)16(22)23-17(4,5)6/h10,12H,7-9,11H2,1-6H3. The van der Waals surface area contributed by atoms with E-state index in [1.807, 2.05) is 40.7 Å². The van der Waals surface area contributed by atoms with Gasteiger partial charge in [-0.15, -0.1) is 0 Å². The van der Waals surface area contributed by atoms with Crippen molar-refractivity contribution in [1.29, 1.82) is 0 Å². The molecular formula is C17H28N4O2. The van der Waals surface area contributed by atoms with E-state index in [1.54, 1.807) is 4.90 Å². The highest BCUT2D eigenvalue weighted by Gasteiger charge is 2.31. The van der Waals surface area contributed by atoms with Crippen LogP contribution in [0.3, 0.4) is 0 Å². The zero-order valence-corrected chi connectivity index (χ0v) is 15.1. The fraction of sp³-hybridized carbons (Fsp3) is 0.706. The van der Waals surface area contributed by atoms with E-state index in [0.29, 0.717) is 6.54 Å². The minimum absolute atomic E-state index is 0.0824. The third-order valence-electron chi connectivity index (χ3n) is 3.82. The molecule has 2 heterocycles. The maximum atomic E-state index is 12.3. The van der Waals surface area contributed by atoms with E-state index in [9.17, 15) is 4.79 Å². The van der Waals surface area contributed by atoms with Crippen LogP contribution in [0.1, 0.15) is 46.1 Å². The van der Waals surface area contributed by atoms with Crippen molar-refractivity contribution in [2.24, 2.45) is 0 Å². The molecule has 1 atom stereocenters. The number of anilines is 1. The van der Waals surface area contributed by atoms with Gasteiger partial charge < -0.3 is 14.5 Å². The molecule has 1 aromatic heterocycles. The largest absolute Gasteiger partial charge is 0.444 e. The third kappa shape index (κ3) is 4.56. The van der Waals surface area contributed by atoms with Gasteiger partial charge in [-0.1, -0.05) is 6.92 Å². The Morgan fingerprint density at radius 2 is 2.04 bits per heavy atom. The van der Waals surface area contributed by atoms with Crippen LogP contribution >= 0.6 is 0 Å². The second-order valence-electron chi connectivity index (χ2n) is 7.09. The summed E-state index contributed by atoms with van der Waals surface area (Å²) in [6, 6.07) is 2.13. The van der Waals surface area contributed by atoms with Crippen molar-refractivity contribution in [3.63, 3.8) is 0 Å². The lowest BCUT2D eigenvalue weighted by molar-refractivity contribution is 0.0158. The second-order valence-corrected chi connectivity index (χ2v) is 7.09. The summed E-state index contributed by atoms with van der Waals surface area (Å²) in [5.41, 5.74) is 0.586.